The number of sulfonamides is 1. The Labute approximate surface area is 134 Å². The molecule has 1 fully saturated rings. The minimum absolute atomic E-state index is 0.110. The van der Waals surface area contributed by atoms with Gasteiger partial charge in [-0.25, -0.2) is 8.42 Å². The lowest BCUT2D eigenvalue weighted by atomic mass is 10.2. The summed E-state index contributed by atoms with van der Waals surface area (Å²) in [6.07, 6.45) is -0.220. The third kappa shape index (κ3) is 3.41. The van der Waals surface area contributed by atoms with E-state index in [4.69, 9.17) is 9.47 Å². The molecule has 1 aliphatic rings. The van der Waals surface area contributed by atoms with Crippen LogP contribution in [-0.4, -0.2) is 45.1 Å². The minimum atomic E-state index is -3.56. The van der Waals surface area contributed by atoms with E-state index in [-0.39, 0.29) is 17.1 Å². The highest BCUT2D eigenvalue weighted by atomic mass is 79.9. The van der Waals surface area contributed by atoms with Crippen molar-refractivity contribution in [1.82, 2.24) is 4.31 Å². The number of nitrogens with zero attached hydrogens (tertiary/aromatic N) is 1. The molecule has 1 aromatic carbocycles. The third-order valence-electron chi connectivity index (χ3n) is 3.45. The fourth-order valence-corrected chi connectivity index (χ4v) is 4.97. The van der Waals surface area contributed by atoms with Crippen LogP contribution in [-0.2, 0) is 14.8 Å². The smallest absolute Gasteiger partial charge is 0.243 e. The molecular weight excluding hydrogens is 358 g/mol. The van der Waals surface area contributed by atoms with Crippen LogP contribution in [0.15, 0.2) is 21.5 Å². The first-order chi connectivity index (χ1) is 9.75. The average molecular weight is 378 g/mol. The van der Waals surface area contributed by atoms with E-state index in [1.54, 1.807) is 19.1 Å². The van der Waals surface area contributed by atoms with Crippen LogP contribution in [0, 0.1) is 6.92 Å². The van der Waals surface area contributed by atoms with Crippen molar-refractivity contribution >= 4 is 26.0 Å². The van der Waals surface area contributed by atoms with Crippen LogP contribution < -0.4 is 4.74 Å². The van der Waals surface area contributed by atoms with E-state index in [1.807, 2.05) is 13.8 Å². The van der Waals surface area contributed by atoms with Crippen LogP contribution in [0.3, 0.4) is 0 Å². The maximum Gasteiger partial charge on any atom is 0.243 e. The number of hydrogen-bond acceptors (Lipinski definition) is 4. The lowest BCUT2D eigenvalue weighted by Crippen LogP contribution is -2.48. The number of methoxy groups -OCH3 is 1. The summed E-state index contributed by atoms with van der Waals surface area (Å²) in [4.78, 5) is 0.281. The first kappa shape index (κ1) is 16.7. The average Bonchev–Trinajstić information content (AvgIpc) is 2.37. The zero-order valence-electron chi connectivity index (χ0n) is 12.6. The molecule has 0 radical (unpaired) electrons. The van der Waals surface area contributed by atoms with Gasteiger partial charge in [0.2, 0.25) is 10.0 Å². The van der Waals surface area contributed by atoms with Gasteiger partial charge in [-0.15, -0.1) is 0 Å². The van der Waals surface area contributed by atoms with E-state index in [2.05, 4.69) is 15.9 Å². The molecule has 0 saturated carbocycles. The van der Waals surface area contributed by atoms with Gasteiger partial charge in [0.25, 0.3) is 0 Å². The van der Waals surface area contributed by atoms with Gasteiger partial charge in [0.1, 0.15) is 5.75 Å². The predicted molar refractivity (Wildman–Crippen MR) is 84.2 cm³/mol. The lowest BCUT2D eigenvalue weighted by Gasteiger charge is -2.34. The van der Waals surface area contributed by atoms with Gasteiger partial charge in [-0.2, -0.15) is 4.31 Å². The highest BCUT2D eigenvalue weighted by molar-refractivity contribution is 9.10. The molecule has 2 unspecified atom stereocenters. The van der Waals surface area contributed by atoms with Gasteiger partial charge < -0.3 is 9.47 Å². The Morgan fingerprint density at radius 1 is 1.29 bits per heavy atom. The Kier molecular flexibility index (Phi) is 4.97. The second-order valence-electron chi connectivity index (χ2n) is 5.33. The summed E-state index contributed by atoms with van der Waals surface area (Å²) < 4.78 is 38.8. The molecular formula is C14H20BrNO4S. The van der Waals surface area contributed by atoms with Gasteiger partial charge in [-0.05, 0) is 48.3 Å². The van der Waals surface area contributed by atoms with Crippen LogP contribution in [0.1, 0.15) is 19.4 Å². The summed E-state index contributed by atoms with van der Waals surface area (Å²) in [6, 6.07) is 3.33. The van der Waals surface area contributed by atoms with E-state index < -0.39 is 10.0 Å². The maximum absolute atomic E-state index is 12.9. The molecule has 1 heterocycles. The van der Waals surface area contributed by atoms with Gasteiger partial charge in [-0.3, -0.25) is 0 Å². The summed E-state index contributed by atoms with van der Waals surface area (Å²) in [6.45, 7) is 6.28. The van der Waals surface area contributed by atoms with Crippen molar-refractivity contribution in [2.45, 2.75) is 37.9 Å². The van der Waals surface area contributed by atoms with Crippen molar-refractivity contribution in [3.05, 3.63) is 22.2 Å². The van der Waals surface area contributed by atoms with Gasteiger partial charge >= 0.3 is 0 Å². The second kappa shape index (κ2) is 6.24. The number of benzene rings is 1. The quantitative estimate of drug-likeness (QED) is 0.811. The molecule has 0 N–H and O–H groups in total. The van der Waals surface area contributed by atoms with Crippen molar-refractivity contribution in [2.75, 3.05) is 20.2 Å². The molecule has 0 aromatic heterocycles. The van der Waals surface area contributed by atoms with Crippen molar-refractivity contribution in [2.24, 2.45) is 0 Å². The zero-order chi connectivity index (χ0) is 15.8. The highest BCUT2D eigenvalue weighted by Gasteiger charge is 2.33. The van der Waals surface area contributed by atoms with E-state index in [1.165, 1.54) is 11.4 Å². The summed E-state index contributed by atoms with van der Waals surface area (Å²) in [5, 5.41) is 0. The Morgan fingerprint density at radius 2 is 1.86 bits per heavy atom. The van der Waals surface area contributed by atoms with Crippen molar-refractivity contribution in [3.63, 3.8) is 0 Å². The standard InChI is InChI=1S/C14H20BrNO4S/c1-9-5-12(15)13(19-4)6-14(9)21(17,18)16-7-10(2)20-11(3)8-16/h5-6,10-11H,7-8H2,1-4H3. The van der Waals surface area contributed by atoms with Crippen LogP contribution in [0.4, 0.5) is 0 Å². The molecule has 2 atom stereocenters. The first-order valence-electron chi connectivity index (χ1n) is 6.75. The molecule has 2 rings (SSSR count). The molecule has 7 heteroatoms. The van der Waals surface area contributed by atoms with Gasteiger partial charge in [0, 0.05) is 19.2 Å². The summed E-state index contributed by atoms with van der Waals surface area (Å²) in [5.74, 6) is 0.508. The fraction of sp³-hybridized carbons (Fsp3) is 0.571. The predicted octanol–water partition coefficient (Wildman–Crippen LogP) is 2.56. The van der Waals surface area contributed by atoms with E-state index in [0.29, 0.717) is 24.4 Å². The molecule has 5 nitrogen and oxygen atoms in total. The van der Waals surface area contributed by atoms with Gasteiger partial charge in [-0.1, -0.05) is 0 Å². The summed E-state index contributed by atoms with van der Waals surface area (Å²) in [7, 11) is -2.04. The number of rotatable bonds is 3. The maximum atomic E-state index is 12.9. The molecule has 0 amide bonds. The monoisotopic (exact) mass is 377 g/mol. The van der Waals surface area contributed by atoms with Crippen LogP contribution in [0.2, 0.25) is 0 Å². The van der Waals surface area contributed by atoms with E-state index in [9.17, 15) is 8.42 Å². The summed E-state index contributed by atoms with van der Waals surface area (Å²) in [5.41, 5.74) is 0.689. The third-order valence-corrected chi connectivity index (χ3v) is 6.05. The second-order valence-corrected chi connectivity index (χ2v) is 8.09. The van der Waals surface area contributed by atoms with E-state index in [0.717, 1.165) is 4.47 Å². The van der Waals surface area contributed by atoms with Crippen molar-refractivity contribution in [1.29, 1.82) is 0 Å². The Bertz CT molecular complexity index is 622. The van der Waals surface area contributed by atoms with Crippen LogP contribution in [0.5, 0.6) is 5.75 Å². The minimum Gasteiger partial charge on any atom is -0.496 e. The Hall–Kier alpha value is -0.630. The molecule has 1 aromatic rings. The fourth-order valence-electron chi connectivity index (χ4n) is 2.53. The van der Waals surface area contributed by atoms with Crippen molar-refractivity contribution in [3.8, 4) is 5.75 Å². The van der Waals surface area contributed by atoms with Crippen LogP contribution in [0.25, 0.3) is 0 Å². The molecule has 118 valence electrons. The van der Waals surface area contributed by atoms with Gasteiger partial charge in [0.15, 0.2) is 0 Å². The number of aryl methyl sites for hydroxylation is 1. The molecule has 0 bridgehead atoms. The normalized spacial score (nSPS) is 24.0. The molecule has 1 saturated heterocycles. The zero-order valence-corrected chi connectivity index (χ0v) is 15.0. The lowest BCUT2D eigenvalue weighted by molar-refractivity contribution is -0.0440. The van der Waals surface area contributed by atoms with Crippen LogP contribution >= 0.6 is 15.9 Å². The number of ether oxygens (including phenoxy) is 2. The molecule has 21 heavy (non-hydrogen) atoms. The number of morpholine rings is 1. The summed E-state index contributed by atoms with van der Waals surface area (Å²) >= 11 is 3.37. The van der Waals surface area contributed by atoms with Crippen molar-refractivity contribution < 1.29 is 17.9 Å². The SMILES string of the molecule is COc1cc(S(=O)(=O)N2CC(C)OC(C)C2)c(C)cc1Br. The molecule has 1 aliphatic heterocycles. The Morgan fingerprint density at radius 3 is 2.38 bits per heavy atom. The first-order valence-corrected chi connectivity index (χ1v) is 8.98. The molecule has 0 aliphatic carbocycles. The number of hydrogen-bond donors (Lipinski definition) is 0. The van der Waals surface area contributed by atoms with E-state index >= 15 is 0 Å². The highest BCUT2D eigenvalue weighted by Crippen LogP contribution is 2.32. The molecule has 0 spiro atoms. The largest absolute Gasteiger partial charge is 0.496 e. The topological polar surface area (TPSA) is 55.8 Å². The van der Waals surface area contributed by atoms with Gasteiger partial charge in [0.05, 0.1) is 28.7 Å². The number of halogens is 1. The Balaban J connectivity index is 2.44.